The summed E-state index contributed by atoms with van der Waals surface area (Å²) in [6.07, 6.45) is 0. The van der Waals surface area contributed by atoms with Crippen LogP contribution in [0.4, 0.5) is 0 Å². The Bertz CT molecular complexity index is 64.0. The number of rotatable bonds is 0. The Morgan fingerprint density at radius 3 is 0.818 bits per heavy atom. The summed E-state index contributed by atoms with van der Waals surface area (Å²) in [5.41, 5.74) is 0. The molecule has 0 amide bonds. The third-order valence-corrected chi connectivity index (χ3v) is 0. The van der Waals surface area contributed by atoms with Gasteiger partial charge in [-0.15, -0.1) is 0 Å². The summed E-state index contributed by atoms with van der Waals surface area (Å²) in [6, 6.07) is 0. The van der Waals surface area contributed by atoms with Crippen molar-refractivity contribution < 1.29 is 119 Å². The molecular weight excluding hydrogens is 220 g/mol. The zero-order valence-electron chi connectivity index (χ0n) is 6.68. The van der Waals surface area contributed by atoms with Crippen molar-refractivity contribution in [3.05, 3.63) is 0 Å². The van der Waals surface area contributed by atoms with Gasteiger partial charge in [-0.3, -0.25) is 0 Å². The Kier molecular flexibility index (Phi) is 99.2. The second-order valence-corrected chi connectivity index (χ2v) is 1.34. The molecule has 0 aliphatic carbocycles. The average molecular weight is 222 g/mol. The van der Waals surface area contributed by atoms with Crippen LogP contribution in [0.15, 0.2) is 0 Å². The Labute approximate surface area is 147 Å². The molecule has 0 saturated carbocycles. The van der Waals surface area contributed by atoms with Crippen molar-refractivity contribution in [3.8, 4) is 0 Å². The van der Waals surface area contributed by atoms with E-state index in [1.54, 1.807) is 0 Å². The summed E-state index contributed by atoms with van der Waals surface area (Å²) < 4.78 is 8.55. The molecular formula is H2MgNa3O6P. The van der Waals surface area contributed by atoms with Crippen molar-refractivity contribution in [3.63, 3.8) is 0 Å². The van der Waals surface area contributed by atoms with E-state index in [2.05, 4.69) is 0 Å². The molecule has 0 aromatic rings. The summed E-state index contributed by atoms with van der Waals surface area (Å²) >= 11 is 0. The smallest absolute Gasteiger partial charge is 0.870 e. The van der Waals surface area contributed by atoms with Gasteiger partial charge in [0.05, 0.1) is 0 Å². The van der Waals surface area contributed by atoms with Gasteiger partial charge in [-0.2, -0.15) is 7.82 Å². The third kappa shape index (κ3) is 133. The van der Waals surface area contributed by atoms with Crippen LogP contribution in [-0.2, 0) is 4.57 Å². The molecule has 0 rings (SSSR count). The van der Waals surface area contributed by atoms with Gasteiger partial charge in [0.25, 0.3) is 0 Å². The van der Waals surface area contributed by atoms with E-state index < -0.39 is 7.82 Å². The van der Waals surface area contributed by atoms with Gasteiger partial charge in [-0.25, -0.2) is 0 Å². The Hall–Kier alpha value is 3.80. The average Bonchev–Trinajstić information content (AvgIpc) is 0.722. The molecule has 0 aliphatic heterocycles. The molecule has 0 aromatic carbocycles. The van der Waals surface area contributed by atoms with E-state index in [0.717, 1.165) is 0 Å². The summed E-state index contributed by atoms with van der Waals surface area (Å²) in [5.74, 6) is 0. The molecule has 0 saturated heterocycles. The summed E-state index contributed by atoms with van der Waals surface area (Å²) in [6.45, 7) is 0. The molecule has 0 atom stereocenters. The molecule has 0 unspecified atom stereocenters. The van der Waals surface area contributed by atoms with E-state index in [9.17, 15) is 0 Å². The van der Waals surface area contributed by atoms with E-state index in [0.29, 0.717) is 0 Å². The summed E-state index contributed by atoms with van der Waals surface area (Å²) in [4.78, 5) is 25.6. The Balaban J connectivity index is -0.00000000533. The van der Waals surface area contributed by atoms with Crippen molar-refractivity contribution in [2.75, 3.05) is 0 Å². The van der Waals surface area contributed by atoms with Crippen LogP contribution in [0.1, 0.15) is 0 Å². The minimum atomic E-state index is -5.39. The number of hydrogen-bond acceptors (Lipinski definition) is 6. The van der Waals surface area contributed by atoms with Crippen molar-refractivity contribution in [2.24, 2.45) is 0 Å². The van der Waals surface area contributed by atoms with Gasteiger partial charge in [-0.05, 0) is 0 Å². The number of hydrogen-bond donors (Lipinski definition) is 0. The minimum absolute atomic E-state index is 0. The predicted molar refractivity (Wildman–Crippen MR) is 17.2 cm³/mol. The van der Waals surface area contributed by atoms with E-state index in [4.69, 9.17) is 19.2 Å². The molecule has 0 fully saturated rings. The van der Waals surface area contributed by atoms with Gasteiger partial charge in [0, 0.05) is 0 Å². The quantitative estimate of drug-likeness (QED) is 0.293. The topological polar surface area (TPSA) is 146 Å². The maximum atomic E-state index is 8.55. The van der Waals surface area contributed by atoms with E-state index >= 15 is 0 Å². The minimum Gasteiger partial charge on any atom is -0.870 e. The van der Waals surface area contributed by atoms with E-state index in [-0.39, 0.29) is 123 Å². The van der Waals surface area contributed by atoms with Crippen molar-refractivity contribution >= 4 is 30.9 Å². The van der Waals surface area contributed by atoms with Crippen LogP contribution < -0.4 is 103 Å². The van der Waals surface area contributed by atoms with Gasteiger partial charge in [-0.1, -0.05) is 0 Å². The first kappa shape index (κ1) is 46.3. The fourth-order valence-corrected chi connectivity index (χ4v) is 0. The second-order valence-electron chi connectivity index (χ2n) is 0.447. The summed E-state index contributed by atoms with van der Waals surface area (Å²) in [7, 11) is -5.39. The summed E-state index contributed by atoms with van der Waals surface area (Å²) in [5, 5.41) is 0. The van der Waals surface area contributed by atoms with Crippen LogP contribution in [0.25, 0.3) is 0 Å². The van der Waals surface area contributed by atoms with Gasteiger partial charge in [0.15, 0.2) is 0 Å². The first-order chi connectivity index (χ1) is 2.00. The molecule has 11 heavy (non-hydrogen) atoms. The van der Waals surface area contributed by atoms with Gasteiger partial charge < -0.3 is 30.2 Å². The normalized spacial score (nSPS) is 5.36. The van der Waals surface area contributed by atoms with Crippen LogP contribution in [0.2, 0.25) is 0 Å². The first-order valence-electron chi connectivity index (χ1n) is 0.730. The molecule has 11 heteroatoms. The zero-order valence-corrected chi connectivity index (χ0v) is 15.0. The fourth-order valence-electron chi connectivity index (χ4n) is 0. The molecule has 0 aromatic heterocycles. The zero-order chi connectivity index (χ0) is 4.50. The van der Waals surface area contributed by atoms with Crippen LogP contribution >= 0.6 is 7.82 Å². The third-order valence-electron chi connectivity index (χ3n) is 0. The van der Waals surface area contributed by atoms with Crippen molar-refractivity contribution in [2.45, 2.75) is 0 Å². The second kappa shape index (κ2) is 23.5. The molecule has 0 radical (unpaired) electrons. The largest absolute Gasteiger partial charge is 2.00 e. The van der Waals surface area contributed by atoms with Gasteiger partial charge >= 0.3 is 112 Å². The van der Waals surface area contributed by atoms with Crippen LogP contribution in [0, 0.1) is 0 Å². The van der Waals surface area contributed by atoms with Gasteiger partial charge in [0.2, 0.25) is 0 Å². The Morgan fingerprint density at radius 2 is 0.818 bits per heavy atom. The maximum absolute atomic E-state index is 8.55. The Morgan fingerprint density at radius 1 is 0.818 bits per heavy atom. The van der Waals surface area contributed by atoms with E-state index in [1.807, 2.05) is 0 Å². The monoisotopic (exact) mass is 222 g/mol. The van der Waals surface area contributed by atoms with Crippen molar-refractivity contribution in [1.29, 1.82) is 0 Å². The fraction of sp³-hybridized carbons (Fsp3) is 0. The first-order valence-corrected chi connectivity index (χ1v) is 2.19. The predicted octanol–water partition coefficient (Wildman–Crippen LogP) is -12.5. The van der Waals surface area contributed by atoms with Crippen LogP contribution in [0.5, 0.6) is 0 Å². The van der Waals surface area contributed by atoms with Crippen molar-refractivity contribution in [1.82, 2.24) is 0 Å². The van der Waals surface area contributed by atoms with Crippen LogP contribution in [-0.4, -0.2) is 34.0 Å². The molecule has 6 nitrogen and oxygen atoms in total. The molecule has 2 N–H and O–H groups in total. The van der Waals surface area contributed by atoms with E-state index in [1.165, 1.54) is 0 Å². The maximum Gasteiger partial charge on any atom is 2.00 e. The SMILES string of the molecule is O=P([O-])([O-])[O-].[Mg+2].[Na+].[Na+].[Na+].[OH-].[OH-]. The molecule has 48 valence electrons. The molecule has 0 heterocycles. The molecule has 0 spiro atoms. The molecule has 0 bridgehead atoms. The van der Waals surface area contributed by atoms with Crippen LogP contribution in [0.3, 0.4) is 0 Å². The standard InChI is InChI=1S/Mg.3Na.H3O4P.2H2O/c;;;;1-5(2,3)4;;/h;;;;(H3,1,2,3,4);2*1H2/q+2;3*+1;;;/p-5. The number of phosphoric acid groups is 1. The molecule has 0 aliphatic rings. The van der Waals surface area contributed by atoms with Gasteiger partial charge in [0.1, 0.15) is 0 Å².